The lowest BCUT2D eigenvalue weighted by Gasteiger charge is -2.35. The Kier molecular flexibility index (Phi) is 5.42. The van der Waals surface area contributed by atoms with E-state index >= 15 is 0 Å². The molecule has 0 spiro atoms. The molecule has 6 nitrogen and oxygen atoms in total. The molecule has 0 aromatic heterocycles. The van der Waals surface area contributed by atoms with Crippen molar-refractivity contribution in [2.24, 2.45) is 0 Å². The Hall–Kier alpha value is -1.89. The molecule has 25 heavy (non-hydrogen) atoms. The zero-order chi connectivity index (χ0) is 18.0. The van der Waals surface area contributed by atoms with Crippen LogP contribution in [0.5, 0.6) is 0 Å². The number of anilines is 1. The predicted molar refractivity (Wildman–Crippen MR) is 95.1 cm³/mol. The molecule has 1 saturated heterocycles. The largest absolute Gasteiger partial charge is 0.390 e. The maximum absolute atomic E-state index is 12.6. The van der Waals surface area contributed by atoms with Crippen LogP contribution in [-0.2, 0) is 4.79 Å². The molecule has 6 heteroatoms. The van der Waals surface area contributed by atoms with Gasteiger partial charge < -0.3 is 25.5 Å². The van der Waals surface area contributed by atoms with E-state index in [-0.39, 0.29) is 12.3 Å². The highest BCUT2D eigenvalue weighted by Gasteiger charge is 2.34. The van der Waals surface area contributed by atoms with Crippen molar-refractivity contribution in [3.8, 4) is 0 Å². The van der Waals surface area contributed by atoms with Crippen molar-refractivity contribution in [3.63, 3.8) is 0 Å². The number of amides is 1. The van der Waals surface area contributed by atoms with Crippen molar-refractivity contribution >= 4 is 11.6 Å². The van der Waals surface area contributed by atoms with Gasteiger partial charge in [-0.05, 0) is 43.5 Å². The summed E-state index contributed by atoms with van der Waals surface area (Å²) in [5, 5.41) is 32.6. The van der Waals surface area contributed by atoms with Crippen LogP contribution in [0.2, 0.25) is 0 Å². The van der Waals surface area contributed by atoms with Gasteiger partial charge in [0.05, 0.1) is 6.10 Å². The van der Waals surface area contributed by atoms with Crippen LogP contribution in [0.3, 0.4) is 0 Å². The lowest BCUT2D eigenvalue weighted by molar-refractivity contribution is -0.129. The fourth-order valence-corrected chi connectivity index (χ4v) is 3.51. The third kappa shape index (κ3) is 4.21. The van der Waals surface area contributed by atoms with Crippen LogP contribution in [0.15, 0.2) is 35.9 Å². The molecule has 136 valence electrons. The zero-order valence-corrected chi connectivity index (χ0v) is 14.4. The second-order valence-corrected chi connectivity index (χ2v) is 7.02. The van der Waals surface area contributed by atoms with Crippen molar-refractivity contribution in [1.82, 2.24) is 4.90 Å². The predicted octanol–water partition coefficient (Wildman–Crippen LogP) is 0.811. The van der Waals surface area contributed by atoms with E-state index in [0.29, 0.717) is 24.7 Å². The number of aryl methyl sites for hydroxylation is 1. The Balaban J connectivity index is 1.55. The summed E-state index contributed by atoms with van der Waals surface area (Å²) in [6, 6.07) is 8.56. The van der Waals surface area contributed by atoms with Crippen LogP contribution >= 0.6 is 0 Å². The van der Waals surface area contributed by atoms with Crippen molar-refractivity contribution in [2.45, 2.75) is 50.5 Å². The maximum Gasteiger partial charge on any atom is 0.249 e. The first-order valence-electron chi connectivity index (χ1n) is 8.81. The molecular formula is C19H26N2O4. The zero-order valence-electron chi connectivity index (χ0n) is 14.4. The van der Waals surface area contributed by atoms with Gasteiger partial charge in [0.1, 0.15) is 12.2 Å². The fourth-order valence-electron chi connectivity index (χ4n) is 3.51. The SMILES string of the molecule is Cc1cccc(NC2CCN(C(=O)C3=CC(O)C(O)C(O)C3)CC2)c1. The first-order valence-corrected chi connectivity index (χ1v) is 8.81. The monoisotopic (exact) mass is 346 g/mol. The summed E-state index contributed by atoms with van der Waals surface area (Å²) in [6.07, 6.45) is -0.361. The number of piperidine rings is 1. The molecule has 1 fully saturated rings. The smallest absolute Gasteiger partial charge is 0.249 e. The molecule has 3 unspecified atom stereocenters. The van der Waals surface area contributed by atoms with Crippen LogP contribution in [0.25, 0.3) is 0 Å². The number of carbonyl (C=O) groups is 1. The first kappa shape index (κ1) is 17.9. The summed E-state index contributed by atoms with van der Waals surface area (Å²) < 4.78 is 0. The molecule has 1 amide bonds. The molecule has 0 radical (unpaired) electrons. The lowest BCUT2D eigenvalue weighted by atomic mass is 9.91. The minimum Gasteiger partial charge on any atom is -0.390 e. The molecule has 3 rings (SSSR count). The van der Waals surface area contributed by atoms with E-state index < -0.39 is 18.3 Å². The van der Waals surface area contributed by atoms with Crippen molar-refractivity contribution in [1.29, 1.82) is 0 Å². The summed E-state index contributed by atoms with van der Waals surface area (Å²) in [4.78, 5) is 14.4. The van der Waals surface area contributed by atoms with Crippen molar-refractivity contribution in [2.75, 3.05) is 18.4 Å². The van der Waals surface area contributed by atoms with Gasteiger partial charge in [0, 0.05) is 36.8 Å². The molecule has 0 saturated carbocycles. The molecule has 1 aliphatic carbocycles. The number of nitrogens with zero attached hydrogens (tertiary/aromatic N) is 1. The number of benzene rings is 1. The average molecular weight is 346 g/mol. The summed E-state index contributed by atoms with van der Waals surface area (Å²) in [5.41, 5.74) is 2.69. The Labute approximate surface area is 147 Å². The highest BCUT2D eigenvalue weighted by atomic mass is 16.4. The van der Waals surface area contributed by atoms with E-state index in [9.17, 15) is 20.1 Å². The highest BCUT2D eigenvalue weighted by molar-refractivity contribution is 5.94. The molecule has 1 heterocycles. The number of likely N-dealkylation sites (tertiary alicyclic amines) is 1. The standard InChI is InChI=1S/C19H26N2O4/c1-12-3-2-4-15(9-12)20-14-5-7-21(8-6-14)19(25)13-10-16(22)18(24)17(23)11-13/h2-4,9-10,14,16-18,20,22-24H,5-8,11H2,1H3. The number of carbonyl (C=O) groups excluding carboxylic acids is 1. The molecule has 1 aromatic rings. The van der Waals surface area contributed by atoms with Gasteiger partial charge in [0.25, 0.3) is 0 Å². The van der Waals surface area contributed by atoms with E-state index in [0.717, 1.165) is 18.5 Å². The number of hydrogen-bond acceptors (Lipinski definition) is 5. The normalized spacial score (nSPS) is 27.8. The number of aliphatic hydroxyl groups excluding tert-OH is 3. The topological polar surface area (TPSA) is 93.0 Å². The Bertz CT molecular complexity index is 653. The summed E-state index contributed by atoms with van der Waals surface area (Å²) in [6.45, 7) is 3.33. The van der Waals surface area contributed by atoms with Crippen molar-refractivity contribution < 1.29 is 20.1 Å². The van der Waals surface area contributed by atoms with Gasteiger partial charge in [0.2, 0.25) is 5.91 Å². The molecular weight excluding hydrogens is 320 g/mol. The van der Waals surface area contributed by atoms with Gasteiger partial charge in [0.15, 0.2) is 0 Å². The summed E-state index contributed by atoms with van der Waals surface area (Å²) >= 11 is 0. The van der Waals surface area contributed by atoms with Gasteiger partial charge in [-0.25, -0.2) is 0 Å². The maximum atomic E-state index is 12.6. The van der Waals surface area contributed by atoms with Gasteiger partial charge in [-0.15, -0.1) is 0 Å². The van der Waals surface area contributed by atoms with Gasteiger partial charge >= 0.3 is 0 Å². The Morgan fingerprint density at radius 3 is 2.56 bits per heavy atom. The minimum atomic E-state index is -1.22. The second-order valence-electron chi connectivity index (χ2n) is 7.02. The quantitative estimate of drug-likeness (QED) is 0.650. The molecule has 0 bridgehead atoms. The van der Waals surface area contributed by atoms with E-state index in [4.69, 9.17) is 0 Å². The average Bonchev–Trinajstić information content (AvgIpc) is 2.59. The van der Waals surface area contributed by atoms with Crippen LogP contribution in [-0.4, -0.2) is 63.6 Å². The van der Waals surface area contributed by atoms with Gasteiger partial charge in [-0.1, -0.05) is 12.1 Å². The van der Waals surface area contributed by atoms with Crippen LogP contribution in [0, 0.1) is 6.92 Å². The molecule has 1 aliphatic heterocycles. The molecule has 4 N–H and O–H groups in total. The van der Waals surface area contributed by atoms with E-state index in [1.165, 1.54) is 11.6 Å². The lowest BCUT2D eigenvalue weighted by Crippen LogP contribution is -2.46. The third-order valence-corrected chi connectivity index (χ3v) is 4.99. The number of nitrogens with one attached hydrogen (secondary N) is 1. The van der Waals surface area contributed by atoms with Crippen LogP contribution < -0.4 is 5.32 Å². The van der Waals surface area contributed by atoms with E-state index in [1.54, 1.807) is 4.90 Å². The van der Waals surface area contributed by atoms with Crippen LogP contribution in [0.1, 0.15) is 24.8 Å². The fraction of sp³-hybridized carbons (Fsp3) is 0.526. The number of aliphatic hydroxyl groups is 3. The second kappa shape index (κ2) is 7.56. The molecule has 1 aromatic carbocycles. The number of hydrogen-bond donors (Lipinski definition) is 4. The van der Waals surface area contributed by atoms with Gasteiger partial charge in [-0.2, -0.15) is 0 Å². The van der Waals surface area contributed by atoms with Crippen molar-refractivity contribution in [3.05, 3.63) is 41.5 Å². The Morgan fingerprint density at radius 2 is 1.92 bits per heavy atom. The highest BCUT2D eigenvalue weighted by Crippen LogP contribution is 2.24. The minimum absolute atomic E-state index is 0.0819. The third-order valence-electron chi connectivity index (χ3n) is 4.99. The number of rotatable bonds is 3. The van der Waals surface area contributed by atoms with Crippen LogP contribution in [0.4, 0.5) is 5.69 Å². The van der Waals surface area contributed by atoms with E-state index in [2.05, 4.69) is 24.4 Å². The Morgan fingerprint density at radius 1 is 1.20 bits per heavy atom. The summed E-state index contributed by atoms with van der Waals surface area (Å²) in [5.74, 6) is -0.154. The van der Waals surface area contributed by atoms with E-state index in [1.807, 2.05) is 12.1 Å². The van der Waals surface area contributed by atoms with Gasteiger partial charge in [-0.3, -0.25) is 4.79 Å². The molecule has 2 aliphatic rings. The summed E-state index contributed by atoms with van der Waals surface area (Å²) in [7, 11) is 0. The molecule has 3 atom stereocenters. The first-order chi connectivity index (χ1) is 11.9.